The molecule has 0 aliphatic rings. The smallest absolute Gasteiger partial charge is 0.235 e. The number of benzene rings is 8. The van der Waals surface area contributed by atoms with Crippen molar-refractivity contribution in [2.45, 2.75) is 0 Å². The molecular formula is C57H35N5S. The molecule has 0 spiro atoms. The first-order valence-electron chi connectivity index (χ1n) is 21.2. The second-order valence-electron chi connectivity index (χ2n) is 16.1. The van der Waals surface area contributed by atoms with Crippen molar-refractivity contribution in [1.29, 1.82) is 0 Å². The maximum atomic E-state index is 5.23. The lowest BCUT2D eigenvalue weighted by Crippen LogP contribution is -2.03. The van der Waals surface area contributed by atoms with Crippen LogP contribution in [0.3, 0.4) is 0 Å². The van der Waals surface area contributed by atoms with Crippen molar-refractivity contribution in [3.63, 3.8) is 0 Å². The van der Waals surface area contributed by atoms with E-state index < -0.39 is 0 Å². The largest absolute Gasteiger partial charge is 0.309 e. The van der Waals surface area contributed by atoms with Gasteiger partial charge in [-0.05, 0) is 83.4 Å². The van der Waals surface area contributed by atoms with Crippen LogP contribution in [0.1, 0.15) is 0 Å². The molecule has 0 saturated heterocycles. The third-order valence-electron chi connectivity index (χ3n) is 12.4. The van der Waals surface area contributed by atoms with E-state index in [2.05, 4.69) is 203 Å². The SMILES string of the molecule is c1ccc(-c2cc(-c3ccccc3)nc(-n3c4ccccc4c4cc(-c5ccc6c(c5)c5ccccc5n6-c5ccc(-c6cnc7sc8ccccc8c7c6)cc5)ccc43)n2)cc1. The van der Waals surface area contributed by atoms with Crippen LogP contribution >= 0.6 is 11.3 Å². The van der Waals surface area contributed by atoms with Crippen LogP contribution in [0.25, 0.3) is 120 Å². The number of fused-ring (bicyclic) bond motifs is 9. The lowest BCUT2D eigenvalue weighted by Gasteiger charge is -2.12. The van der Waals surface area contributed by atoms with Crippen LogP contribution in [0.2, 0.25) is 0 Å². The molecule has 63 heavy (non-hydrogen) atoms. The average Bonchev–Trinajstić information content (AvgIpc) is 4.01. The Morgan fingerprint density at radius 3 is 1.46 bits per heavy atom. The van der Waals surface area contributed by atoms with Crippen LogP contribution in [0.4, 0.5) is 0 Å². The third-order valence-corrected chi connectivity index (χ3v) is 13.5. The molecule has 0 bridgehead atoms. The Labute approximate surface area is 366 Å². The van der Waals surface area contributed by atoms with E-state index in [4.69, 9.17) is 15.0 Å². The lowest BCUT2D eigenvalue weighted by atomic mass is 10.0. The van der Waals surface area contributed by atoms with Crippen LogP contribution in [-0.2, 0) is 0 Å². The molecule has 0 fully saturated rings. The lowest BCUT2D eigenvalue weighted by molar-refractivity contribution is 0.995. The molecule has 5 aromatic heterocycles. The molecule has 6 heteroatoms. The topological polar surface area (TPSA) is 48.5 Å². The summed E-state index contributed by atoms with van der Waals surface area (Å²) in [6.07, 6.45) is 2.00. The summed E-state index contributed by atoms with van der Waals surface area (Å²) in [4.78, 5) is 16.4. The van der Waals surface area contributed by atoms with Crippen molar-refractivity contribution in [3.05, 3.63) is 212 Å². The van der Waals surface area contributed by atoms with Crippen molar-refractivity contribution >= 4 is 75.3 Å². The van der Waals surface area contributed by atoms with Gasteiger partial charge < -0.3 is 4.57 Å². The Morgan fingerprint density at radius 1 is 0.333 bits per heavy atom. The van der Waals surface area contributed by atoms with Crippen LogP contribution < -0.4 is 0 Å². The van der Waals surface area contributed by atoms with E-state index in [-0.39, 0.29) is 0 Å². The summed E-state index contributed by atoms with van der Waals surface area (Å²) in [6, 6.07) is 73.6. The van der Waals surface area contributed by atoms with Crippen LogP contribution in [0, 0.1) is 0 Å². The molecule has 0 atom stereocenters. The van der Waals surface area contributed by atoms with E-state index >= 15 is 0 Å². The predicted octanol–water partition coefficient (Wildman–Crippen LogP) is 15.1. The van der Waals surface area contributed by atoms with Crippen LogP contribution in [-0.4, -0.2) is 24.1 Å². The summed E-state index contributed by atoms with van der Waals surface area (Å²) in [5.74, 6) is 0.644. The highest BCUT2D eigenvalue weighted by Gasteiger charge is 2.19. The molecule has 0 aliphatic heterocycles. The third kappa shape index (κ3) is 5.80. The summed E-state index contributed by atoms with van der Waals surface area (Å²) in [5.41, 5.74) is 14.0. The van der Waals surface area contributed by atoms with Crippen LogP contribution in [0.15, 0.2) is 212 Å². The van der Waals surface area contributed by atoms with Gasteiger partial charge in [0.25, 0.3) is 0 Å². The molecule has 0 aliphatic carbocycles. The van der Waals surface area contributed by atoms with Gasteiger partial charge in [-0.1, -0.05) is 140 Å². The zero-order valence-electron chi connectivity index (χ0n) is 33.9. The molecule has 8 aromatic carbocycles. The Bertz CT molecular complexity index is 3840. The fourth-order valence-corrected chi connectivity index (χ4v) is 10.4. The van der Waals surface area contributed by atoms with E-state index in [1.165, 1.54) is 37.3 Å². The highest BCUT2D eigenvalue weighted by atomic mass is 32.1. The Morgan fingerprint density at radius 2 is 0.825 bits per heavy atom. The highest BCUT2D eigenvalue weighted by Crippen LogP contribution is 2.40. The van der Waals surface area contributed by atoms with Gasteiger partial charge in [0.2, 0.25) is 5.95 Å². The standard InChI is InChI=1S/C57H35N5S/c1-3-13-37(14-4-1)49-34-50(38-15-5-2-6-16-38)60-57(59-49)62-52-21-11-8-18-44(52)47-32-40(26-30-54(47)62)39-25-29-53-46(31-39)43-17-7-10-20-51(43)61(53)42-27-23-36(24-28-42)41-33-48-45-19-9-12-22-55(45)63-56(48)58-35-41/h1-35H. The zero-order valence-corrected chi connectivity index (χ0v) is 34.7. The fraction of sp³-hybridized carbons (Fsp3) is 0. The highest BCUT2D eigenvalue weighted by molar-refractivity contribution is 7.25. The molecule has 294 valence electrons. The van der Waals surface area contributed by atoms with E-state index in [0.29, 0.717) is 5.95 Å². The van der Waals surface area contributed by atoms with Crippen molar-refractivity contribution in [1.82, 2.24) is 24.1 Å². The molecule has 5 nitrogen and oxygen atoms in total. The van der Waals surface area contributed by atoms with Crippen molar-refractivity contribution in [2.75, 3.05) is 0 Å². The minimum absolute atomic E-state index is 0.644. The Balaban J connectivity index is 0.915. The van der Waals surface area contributed by atoms with E-state index in [1.54, 1.807) is 11.3 Å². The molecular weight excluding hydrogens is 787 g/mol. The summed E-state index contributed by atoms with van der Waals surface area (Å²) in [5, 5.41) is 7.22. The van der Waals surface area contributed by atoms with Gasteiger partial charge in [-0.3, -0.25) is 4.57 Å². The average molecular weight is 822 g/mol. The molecule has 0 radical (unpaired) electrons. The van der Waals surface area contributed by atoms with E-state index in [0.717, 1.165) is 77.1 Å². The van der Waals surface area contributed by atoms with Crippen molar-refractivity contribution in [2.24, 2.45) is 0 Å². The first-order valence-corrected chi connectivity index (χ1v) is 22.0. The summed E-state index contributed by atoms with van der Waals surface area (Å²) >= 11 is 1.75. The number of thiophene rings is 1. The number of hydrogen-bond donors (Lipinski definition) is 0. The maximum Gasteiger partial charge on any atom is 0.235 e. The van der Waals surface area contributed by atoms with Gasteiger partial charge in [-0.15, -0.1) is 11.3 Å². The normalized spacial score (nSPS) is 11.8. The fourth-order valence-electron chi connectivity index (χ4n) is 9.42. The molecule has 0 unspecified atom stereocenters. The first-order chi connectivity index (χ1) is 31.2. The molecule has 0 amide bonds. The predicted molar refractivity (Wildman–Crippen MR) is 263 cm³/mol. The van der Waals surface area contributed by atoms with Gasteiger partial charge in [-0.25, -0.2) is 15.0 Å². The quantitative estimate of drug-likeness (QED) is 0.168. The van der Waals surface area contributed by atoms with Gasteiger partial charge in [0.05, 0.1) is 33.5 Å². The minimum atomic E-state index is 0.644. The minimum Gasteiger partial charge on any atom is -0.309 e. The maximum absolute atomic E-state index is 5.23. The molecule has 13 rings (SSSR count). The second-order valence-corrected chi connectivity index (χ2v) is 17.1. The summed E-state index contributed by atoms with van der Waals surface area (Å²) in [7, 11) is 0. The first kappa shape index (κ1) is 35.6. The number of pyridine rings is 1. The van der Waals surface area contributed by atoms with Crippen molar-refractivity contribution in [3.8, 4) is 56.4 Å². The second kappa shape index (κ2) is 14.2. The number of para-hydroxylation sites is 2. The molecule has 5 heterocycles. The summed E-state index contributed by atoms with van der Waals surface area (Å²) < 4.78 is 5.87. The van der Waals surface area contributed by atoms with Gasteiger partial charge >= 0.3 is 0 Å². The van der Waals surface area contributed by atoms with Gasteiger partial charge in [0.15, 0.2) is 0 Å². The van der Waals surface area contributed by atoms with Gasteiger partial charge in [0, 0.05) is 65.6 Å². The number of rotatable bonds is 6. The molecule has 0 saturated carbocycles. The van der Waals surface area contributed by atoms with E-state index in [1.807, 2.05) is 18.3 Å². The van der Waals surface area contributed by atoms with Crippen LogP contribution in [0.5, 0.6) is 0 Å². The van der Waals surface area contributed by atoms with E-state index in [9.17, 15) is 0 Å². The number of nitrogens with zero attached hydrogens (tertiary/aromatic N) is 5. The molecule has 0 N–H and O–H groups in total. The number of hydrogen-bond acceptors (Lipinski definition) is 4. The van der Waals surface area contributed by atoms with Gasteiger partial charge in [0.1, 0.15) is 4.83 Å². The number of aromatic nitrogens is 5. The molecule has 13 aromatic rings. The zero-order chi connectivity index (χ0) is 41.4. The Hall–Kier alpha value is -8.19. The summed E-state index contributed by atoms with van der Waals surface area (Å²) in [6.45, 7) is 0. The van der Waals surface area contributed by atoms with Crippen molar-refractivity contribution < 1.29 is 0 Å². The van der Waals surface area contributed by atoms with Gasteiger partial charge in [-0.2, -0.15) is 0 Å². The Kier molecular flexibility index (Phi) is 8.01. The monoisotopic (exact) mass is 821 g/mol.